The van der Waals surface area contributed by atoms with Crippen molar-refractivity contribution < 1.29 is 40.9 Å². The molecule has 2 aromatic carbocycles. The monoisotopic (exact) mass is 446 g/mol. The van der Waals surface area contributed by atoms with Gasteiger partial charge in [-0.1, -0.05) is 0 Å². The lowest BCUT2D eigenvalue weighted by molar-refractivity contribution is -0.299. The third-order valence-corrected chi connectivity index (χ3v) is 5.94. The number of nitrogens with one attached hydrogen (secondary N) is 1. The molecule has 0 saturated heterocycles. The van der Waals surface area contributed by atoms with Gasteiger partial charge in [0.25, 0.3) is 5.91 Å². The number of carbonyl (C=O) groups is 1. The molecule has 0 heterocycles. The number of hydrogen-bond acceptors (Lipinski definition) is 6. The van der Waals surface area contributed by atoms with E-state index in [0.717, 1.165) is 43.3 Å². The molecular weight excluding hydrogens is 432 g/mol. The number of halogens is 4. The minimum absolute atomic E-state index is 0.363. The largest absolute Gasteiger partial charge is 0.417 e. The van der Waals surface area contributed by atoms with E-state index in [9.17, 15) is 30.8 Å². The molecular formula is C18H14F4N2O5S. The Morgan fingerprint density at radius 2 is 1.80 bits per heavy atom. The van der Waals surface area contributed by atoms with E-state index in [2.05, 4.69) is 4.89 Å². The second-order valence-corrected chi connectivity index (χ2v) is 8.35. The summed E-state index contributed by atoms with van der Waals surface area (Å²) in [5.74, 6) is -3.07. The summed E-state index contributed by atoms with van der Waals surface area (Å²) in [7, 11) is -4.26. The molecule has 1 amide bonds. The Labute approximate surface area is 168 Å². The quantitative estimate of drug-likeness (QED) is 0.304. The van der Waals surface area contributed by atoms with Crippen LogP contribution in [0.2, 0.25) is 0 Å². The molecule has 0 saturated carbocycles. The fourth-order valence-electron chi connectivity index (χ4n) is 2.44. The van der Waals surface area contributed by atoms with Gasteiger partial charge in [-0.25, -0.2) is 17.7 Å². The number of rotatable bonds is 6. The number of alkyl halides is 3. The summed E-state index contributed by atoms with van der Waals surface area (Å²) in [6.45, 7) is 0.901. The summed E-state index contributed by atoms with van der Waals surface area (Å²) in [5, 5.41) is 20.0. The fraction of sp³-hybridized carbons (Fsp3) is 0.222. The van der Waals surface area contributed by atoms with E-state index >= 15 is 0 Å². The van der Waals surface area contributed by atoms with Crippen molar-refractivity contribution in [3.63, 3.8) is 0 Å². The highest BCUT2D eigenvalue weighted by atomic mass is 32.2. The van der Waals surface area contributed by atoms with Crippen molar-refractivity contribution in [2.45, 2.75) is 23.6 Å². The molecule has 0 aliphatic heterocycles. The van der Waals surface area contributed by atoms with Crippen molar-refractivity contribution in [1.29, 1.82) is 5.26 Å². The highest BCUT2D eigenvalue weighted by Crippen LogP contribution is 2.34. The van der Waals surface area contributed by atoms with Gasteiger partial charge in [0, 0.05) is 5.69 Å². The van der Waals surface area contributed by atoms with Crippen LogP contribution < -0.4 is 5.32 Å². The zero-order chi connectivity index (χ0) is 22.7. The number of amides is 1. The second-order valence-electron chi connectivity index (χ2n) is 6.36. The Bertz CT molecular complexity index is 1100. The number of sulfone groups is 1. The molecule has 0 aromatic heterocycles. The topological polar surface area (TPSA) is 116 Å². The van der Waals surface area contributed by atoms with Gasteiger partial charge < -0.3 is 5.32 Å². The molecule has 0 bridgehead atoms. The summed E-state index contributed by atoms with van der Waals surface area (Å²) >= 11 is 0. The van der Waals surface area contributed by atoms with Crippen molar-refractivity contribution in [2.24, 2.45) is 0 Å². The first kappa shape index (κ1) is 23.3. The van der Waals surface area contributed by atoms with Gasteiger partial charge in [-0.3, -0.25) is 10.1 Å². The highest BCUT2D eigenvalue weighted by molar-refractivity contribution is 7.91. The van der Waals surface area contributed by atoms with Gasteiger partial charge in [-0.2, -0.15) is 18.4 Å². The van der Waals surface area contributed by atoms with Gasteiger partial charge in [0.1, 0.15) is 5.82 Å². The van der Waals surface area contributed by atoms with Crippen LogP contribution in [0.5, 0.6) is 0 Å². The van der Waals surface area contributed by atoms with Crippen molar-refractivity contribution in [3.05, 3.63) is 59.4 Å². The Morgan fingerprint density at radius 3 is 2.30 bits per heavy atom. The van der Waals surface area contributed by atoms with Gasteiger partial charge in [0.05, 0.1) is 27.8 Å². The summed E-state index contributed by atoms with van der Waals surface area (Å²) in [6.07, 6.45) is -4.88. The van der Waals surface area contributed by atoms with Crippen LogP contribution in [0.4, 0.5) is 23.2 Å². The van der Waals surface area contributed by atoms with Crippen LogP contribution in [0.15, 0.2) is 47.4 Å². The molecule has 12 heteroatoms. The Balaban J connectivity index is 2.31. The van der Waals surface area contributed by atoms with Gasteiger partial charge in [-0.05, 0) is 49.4 Å². The smallest absolute Gasteiger partial charge is 0.323 e. The molecule has 7 nitrogen and oxygen atoms in total. The van der Waals surface area contributed by atoms with Gasteiger partial charge in [0.2, 0.25) is 0 Å². The first-order valence-corrected chi connectivity index (χ1v) is 9.71. The summed E-state index contributed by atoms with van der Waals surface area (Å²) in [6, 6.07) is 7.32. The Kier molecular flexibility index (Phi) is 6.51. The molecule has 2 N–H and O–H groups in total. The zero-order valence-electron chi connectivity index (χ0n) is 15.2. The van der Waals surface area contributed by atoms with E-state index < -0.39 is 55.9 Å². The van der Waals surface area contributed by atoms with E-state index in [1.165, 1.54) is 6.07 Å². The number of anilines is 1. The predicted octanol–water partition coefficient (Wildman–Crippen LogP) is 3.38. The number of carbonyl (C=O) groups excluding carboxylic acids is 1. The fourth-order valence-corrected chi connectivity index (χ4v) is 4.06. The lowest BCUT2D eigenvalue weighted by Crippen LogP contribution is -2.47. The number of nitrogens with zero attached hydrogens (tertiary/aromatic N) is 1. The van der Waals surface area contributed by atoms with Crippen molar-refractivity contribution in [2.75, 3.05) is 11.1 Å². The maximum Gasteiger partial charge on any atom is 0.417 e. The molecule has 0 fully saturated rings. The normalized spacial score (nSPS) is 13.9. The van der Waals surface area contributed by atoms with Crippen LogP contribution in [0, 0.1) is 17.1 Å². The van der Waals surface area contributed by atoms with Crippen LogP contribution in [0.25, 0.3) is 0 Å². The highest BCUT2D eigenvalue weighted by Gasteiger charge is 2.41. The molecule has 1 atom stereocenters. The van der Waals surface area contributed by atoms with Gasteiger partial charge >= 0.3 is 6.18 Å². The molecule has 0 aliphatic carbocycles. The molecule has 0 spiro atoms. The third kappa shape index (κ3) is 5.12. The Morgan fingerprint density at radius 1 is 1.20 bits per heavy atom. The lowest BCUT2D eigenvalue weighted by atomic mass is 10.1. The summed E-state index contributed by atoms with van der Waals surface area (Å²) < 4.78 is 77.1. The van der Waals surface area contributed by atoms with Gasteiger partial charge in [-0.15, -0.1) is 0 Å². The molecule has 1 unspecified atom stereocenters. The molecule has 30 heavy (non-hydrogen) atoms. The first-order chi connectivity index (χ1) is 13.8. The first-order valence-electron chi connectivity index (χ1n) is 8.06. The van der Waals surface area contributed by atoms with E-state index in [4.69, 9.17) is 10.5 Å². The summed E-state index contributed by atoms with van der Waals surface area (Å²) in [5.41, 5.74) is -4.82. The van der Waals surface area contributed by atoms with Gasteiger partial charge in [0.15, 0.2) is 15.4 Å². The van der Waals surface area contributed by atoms with Crippen LogP contribution in [-0.2, 0) is 25.7 Å². The second kappa shape index (κ2) is 8.39. The minimum atomic E-state index is -4.88. The lowest BCUT2D eigenvalue weighted by Gasteiger charge is -2.24. The van der Waals surface area contributed by atoms with Crippen LogP contribution in [0.3, 0.4) is 0 Å². The standard InChI is InChI=1S/C18H14F4N2O5S/c1-17(29-26,10-30(27,28)14-6-3-12(19)4-7-14)16(25)24-13-5-2-11(9-23)15(8-13)18(20,21)22/h2-8,26H,10H2,1H3,(H,24,25). The van der Waals surface area contributed by atoms with E-state index in [1.54, 1.807) is 0 Å². The number of benzene rings is 2. The minimum Gasteiger partial charge on any atom is -0.323 e. The third-order valence-electron chi connectivity index (χ3n) is 4.02. The summed E-state index contributed by atoms with van der Waals surface area (Å²) in [4.78, 5) is 16.2. The molecule has 2 aromatic rings. The zero-order valence-corrected chi connectivity index (χ0v) is 16.0. The van der Waals surface area contributed by atoms with Crippen LogP contribution in [0.1, 0.15) is 18.1 Å². The van der Waals surface area contributed by atoms with Crippen LogP contribution >= 0.6 is 0 Å². The predicted molar refractivity (Wildman–Crippen MR) is 95.4 cm³/mol. The SMILES string of the molecule is CC(CS(=O)(=O)c1ccc(F)cc1)(OO)C(=O)Nc1ccc(C#N)c(C(F)(F)F)c1. The maximum atomic E-state index is 13.1. The Hall–Kier alpha value is -3.01. The number of nitriles is 1. The molecule has 160 valence electrons. The van der Waals surface area contributed by atoms with Crippen LogP contribution in [-0.4, -0.2) is 30.9 Å². The molecule has 0 aliphatic rings. The van der Waals surface area contributed by atoms with Crippen molar-refractivity contribution >= 4 is 21.4 Å². The van der Waals surface area contributed by atoms with E-state index in [0.29, 0.717) is 6.07 Å². The van der Waals surface area contributed by atoms with E-state index in [-0.39, 0.29) is 4.90 Å². The van der Waals surface area contributed by atoms with Crippen molar-refractivity contribution in [3.8, 4) is 6.07 Å². The maximum absolute atomic E-state index is 13.1. The van der Waals surface area contributed by atoms with E-state index in [1.807, 2.05) is 5.32 Å². The average Bonchev–Trinajstić information content (AvgIpc) is 2.67. The van der Waals surface area contributed by atoms with Crippen molar-refractivity contribution in [1.82, 2.24) is 0 Å². The number of hydrogen-bond donors (Lipinski definition) is 2. The molecule has 2 rings (SSSR count). The average molecular weight is 446 g/mol. The molecule has 0 radical (unpaired) electrons.